The Bertz CT molecular complexity index is 1210. The van der Waals surface area contributed by atoms with Crippen LogP contribution in [0, 0.1) is 5.92 Å². The zero-order chi connectivity index (χ0) is 24.6. The second-order valence-electron chi connectivity index (χ2n) is 8.09. The van der Waals surface area contributed by atoms with E-state index in [0.29, 0.717) is 6.92 Å². The van der Waals surface area contributed by atoms with Gasteiger partial charge in [-0.2, -0.15) is 16.8 Å². The Morgan fingerprint density at radius 2 is 1.91 bits per heavy atom. The van der Waals surface area contributed by atoms with Crippen molar-refractivity contribution in [3.8, 4) is 0 Å². The van der Waals surface area contributed by atoms with Crippen molar-refractivity contribution in [1.82, 2.24) is 9.97 Å². The maximum atomic E-state index is 12.2. The molecule has 184 valence electrons. The number of H-pyrrole nitrogens is 1. The van der Waals surface area contributed by atoms with Crippen LogP contribution in [0.3, 0.4) is 0 Å². The first-order valence-corrected chi connectivity index (χ1v) is 14.0. The summed E-state index contributed by atoms with van der Waals surface area (Å²) in [6, 6.07) is 0.183. The van der Waals surface area contributed by atoms with Gasteiger partial charge in [-0.1, -0.05) is 0 Å². The predicted octanol–water partition coefficient (Wildman–Crippen LogP) is 1.71. The van der Waals surface area contributed by atoms with Crippen LogP contribution in [0.4, 0.5) is 11.4 Å². The quantitative estimate of drug-likeness (QED) is 0.331. The van der Waals surface area contributed by atoms with E-state index in [1.807, 2.05) is 6.20 Å². The molecule has 0 bridgehead atoms. The molecule has 0 aromatic carbocycles. The summed E-state index contributed by atoms with van der Waals surface area (Å²) in [5.41, 5.74) is 8.81. The Morgan fingerprint density at radius 3 is 2.42 bits per heavy atom. The predicted molar refractivity (Wildman–Crippen MR) is 127 cm³/mol. The van der Waals surface area contributed by atoms with Gasteiger partial charge in [0.25, 0.3) is 20.2 Å². The number of aromatic amines is 1. The monoisotopic (exact) mass is 567 g/mol. The first-order valence-electron chi connectivity index (χ1n) is 10.2. The molecule has 2 fully saturated rings. The van der Waals surface area contributed by atoms with Crippen molar-refractivity contribution in [2.75, 3.05) is 23.3 Å². The number of hydrogen-bond acceptors (Lipinski definition) is 8. The van der Waals surface area contributed by atoms with Crippen molar-refractivity contribution in [2.24, 2.45) is 11.7 Å². The van der Waals surface area contributed by atoms with Crippen LogP contribution in [-0.2, 0) is 25.0 Å². The third-order valence-corrected chi connectivity index (χ3v) is 9.17. The van der Waals surface area contributed by atoms with Crippen LogP contribution in [0.5, 0.6) is 0 Å². The van der Waals surface area contributed by atoms with Gasteiger partial charge in [0.05, 0.1) is 21.2 Å². The second kappa shape index (κ2) is 9.84. The molecule has 1 atom stereocenters. The smallest absolute Gasteiger partial charge is 0.284 e. The van der Waals surface area contributed by atoms with E-state index in [0.717, 1.165) is 65.7 Å². The summed E-state index contributed by atoms with van der Waals surface area (Å²) in [4.78, 5) is 22.0. The highest BCUT2D eigenvalue weighted by Gasteiger charge is 2.31. The summed E-state index contributed by atoms with van der Waals surface area (Å²) in [6.45, 7) is 2.44. The van der Waals surface area contributed by atoms with E-state index >= 15 is 0 Å². The van der Waals surface area contributed by atoms with Gasteiger partial charge in [-0.15, -0.1) is 0 Å². The molecule has 0 spiro atoms. The molecule has 12 nitrogen and oxygen atoms in total. The van der Waals surface area contributed by atoms with Gasteiger partial charge < -0.3 is 20.9 Å². The maximum Gasteiger partial charge on any atom is 0.284 e. The molecule has 1 aliphatic carbocycles. The van der Waals surface area contributed by atoms with Gasteiger partial charge in [-0.25, -0.2) is 4.98 Å². The van der Waals surface area contributed by atoms with Crippen molar-refractivity contribution < 1.29 is 30.7 Å². The van der Waals surface area contributed by atoms with Crippen molar-refractivity contribution in [1.29, 1.82) is 0 Å². The Hall–Kier alpha value is -1.78. The largest absolute Gasteiger partial charge is 0.368 e. The second-order valence-corrected chi connectivity index (χ2v) is 12.7. The fourth-order valence-electron chi connectivity index (χ4n) is 3.41. The fourth-order valence-corrected chi connectivity index (χ4v) is 5.19. The molecule has 3 heterocycles. The Balaban J connectivity index is 0.000000262. The highest BCUT2D eigenvalue weighted by Crippen LogP contribution is 2.39. The number of nitrogens with two attached hydrogens (primary N) is 1. The van der Waals surface area contributed by atoms with Gasteiger partial charge in [0, 0.05) is 37.4 Å². The number of rotatable bonds is 5. The lowest BCUT2D eigenvalue weighted by atomic mass is 10.1. The third kappa shape index (κ3) is 6.42. The number of pyridine rings is 1. The molecule has 1 saturated carbocycles. The van der Waals surface area contributed by atoms with Gasteiger partial charge >= 0.3 is 0 Å². The minimum Gasteiger partial charge on any atom is -0.368 e. The summed E-state index contributed by atoms with van der Waals surface area (Å²) in [5.74, 6) is 0.277. The van der Waals surface area contributed by atoms with E-state index in [2.05, 4.69) is 36.1 Å². The molecule has 2 aliphatic rings. The van der Waals surface area contributed by atoms with Gasteiger partial charge in [-0.05, 0) is 48.5 Å². The topological polar surface area (TPSA) is 196 Å². The number of aromatic nitrogens is 2. The van der Waals surface area contributed by atoms with E-state index in [4.69, 9.17) is 14.8 Å². The number of amides is 1. The number of nitrogens with one attached hydrogen (secondary N) is 2. The number of carbonyl (C=O) groups excluding carboxylic acids is 1. The molecule has 4 rings (SSSR count). The van der Waals surface area contributed by atoms with E-state index in [9.17, 15) is 21.6 Å². The molecule has 2 aromatic rings. The molecule has 1 aliphatic heterocycles. The lowest BCUT2D eigenvalue weighted by Crippen LogP contribution is -2.43. The molecule has 1 amide bonds. The Morgan fingerprint density at radius 1 is 1.27 bits per heavy atom. The number of anilines is 2. The lowest BCUT2D eigenvalue weighted by molar-refractivity contribution is -0.117. The SMILES string of the molecule is CC(S(=O)(=O)O)S(=O)(=O)O.N[C@@H]1CCCN(c2c(Br)cnc3[nH]cc(NC(=O)C4CC4)c23)C1. The zero-order valence-corrected chi connectivity index (χ0v) is 21.0. The van der Waals surface area contributed by atoms with Crippen LogP contribution in [-0.4, -0.2) is 65.5 Å². The van der Waals surface area contributed by atoms with E-state index in [1.54, 1.807) is 6.20 Å². The number of hydrogen-bond donors (Lipinski definition) is 5. The number of piperidine rings is 1. The third-order valence-electron chi connectivity index (χ3n) is 5.45. The van der Waals surface area contributed by atoms with Crippen LogP contribution in [0.15, 0.2) is 16.9 Å². The summed E-state index contributed by atoms with van der Waals surface area (Å²) in [5, 5.41) is 4.02. The summed E-state index contributed by atoms with van der Waals surface area (Å²) in [7, 11) is -9.40. The summed E-state index contributed by atoms with van der Waals surface area (Å²) < 4.78 is 54.8. The molecule has 15 heteroatoms. The van der Waals surface area contributed by atoms with E-state index in [1.165, 1.54) is 0 Å². The highest BCUT2D eigenvalue weighted by molar-refractivity contribution is 9.10. The number of halogens is 1. The minimum atomic E-state index is -4.70. The molecule has 6 N–H and O–H groups in total. The minimum absolute atomic E-state index is 0.104. The van der Waals surface area contributed by atoms with Crippen molar-refractivity contribution in [2.45, 2.75) is 43.2 Å². The average molecular weight is 568 g/mol. The number of fused-ring (bicyclic) bond motifs is 1. The standard InChI is InChI=1S/C16H20BrN5O.C2H6O6S2/c17-11-6-19-15-13(14(11)22-5-1-2-10(18)8-22)12(7-20-15)21-16(23)9-3-4-9;1-2(9(3,4)5)10(6,7)8/h6-7,9-10H,1-5,8,18H2,(H,19,20)(H,21,23);2H,1H3,(H,3,4,5)(H,6,7,8)/t10-;/m1./s1. The van der Waals surface area contributed by atoms with Gasteiger partial charge in [0.15, 0.2) is 0 Å². The van der Waals surface area contributed by atoms with E-state index < -0.39 is 24.8 Å². The first-order chi connectivity index (χ1) is 15.3. The van der Waals surface area contributed by atoms with Gasteiger partial charge in [0.1, 0.15) is 5.65 Å². The fraction of sp³-hybridized carbons (Fsp3) is 0.556. The van der Waals surface area contributed by atoms with E-state index in [-0.39, 0.29) is 17.9 Å². The molecular weight excluding hydrogens is 542 g/mol. The molecule has 0 radical (unpaired) electrons. The molecule has 1 saturated heterocycles. The molecule has 0 unspecified atom stereocenters. The van der Waals surface area contributed by atoms with Crippen LogP contribution in [0.2, 0.25) is 0 Å². The van der Waals surface area contributed by atoms with Gasteiger partial charge in [0.2, 0.25) is 10.5 Å². The average Bonchev–Trinajstić information content (AvgIpc) is 3.49. The highest BCUT2D eigenvalue weighted by atomic mass is 79.9. The summed E-state index contributed by atoms with van der Waals surface area (Å²) >= 11 is 3.63. The first kappa shape index (κ1) is 25.8. The molecular formula is C18H26BrN5O7S2. The Labute approximate surface area is 199 Å². The van der Waals surface area contributed by atoms with Crippen LogP contribution in [0.1, 0.15) is 32.6 Å². The number of carbonyl (C=O) groups is 1. The van der Waals surface area contributed by atoms with Crippen molar-refractivity contribution in [3.63, 3.8) is 0 Å². The Kier molecular flexibility index (Phi) is 7.70. The molecule has 2 aromatic heterocycles. The van der Waals surface area contributed by atoms with Crippen LogP contribution >= 0.6 is 15.9 Å². The normalized spacial score (nSPS) is 19.3. The van der Waals surface area contributed by atoms with Crippen molar-refractivity contribution in [3.05, 3.63) is 16.9 Å². The van der Waals surface area contributed by atoms with Gasteiger partial charge in [-0.3, -0.25) is 13.9 Å². The zero-order valence-electron chi connectivity index (χ0n) is 17.7. The number of nitrogens with zero attached hydrogens (tertiary/aromatic N) is 2. The van der Waals surface area contributed by atoms with Crippen LogP contribution < -0.4 is 16.0 Å². The van der Waals surface area contributed by atoms with Crippen LogP contribution in [0.25, 0.3) is 11.0 Å². The summed E-state index contributed by atoms with van der Waals surface area (Å²) in [6.07, 6.45) is 7.75. The lowest BCUT2D eigenvalue weighted by Gasteiger charge is -2.33. The maximum absolute atomic E-state index is 12.2. The molecule has 33 heavy (non-hydrogen) atoms. The van der Waals surface area contributed by atoms with Crippen molar-refractivity contribution >= 4 is 64.5 Å².